The van der Waals surface area contributed by atoms with Crippen LogP contribution < -0.4 is 10.2 Å². The van der Waals surface area contributed by atoms with Crippen molar-refractivity contribution >= 4 is 17.1 Å². The van der Waals surface area contributed by atoms with Gasteiger partial charge in [-0.2, -0.15) is 0 Å². The fourth-order valence-corrected chi connectivity index (χ4v) is 2.56. The Morgan fingerprint density at radius 2 is 2.25 bits per heavy atom. The molecule has 0 spiro atoms. The van der Waals surface area contributed by atoms with Crippen molar-refractivity contribution in [1.29, 1.82) is 0 Å². The number of nitrogens with zero attached hydrogens (tertiary/aromatic N) is 4. The predicted octanol–water partition coefficient (Wildman–Crippen LogP) is 1.85. The third kappa shape index (κ3) is 1.97. The summed E-state index contributed by atoms with van der Waals surface area (Å²) in [7, 11) is 1.69. The van der Waals surface area contributed by atoms with E-state index >= 15 is 0 Å². The minimum Gasteiger partial charge on any atom is -0.382 e. The van der Waals surface area contributed by atoms with Crippen LogP contribution in [-0.4, -0.2) is 28.1 Å². The highest BCUT2D eigenvalue weighted by Crippen LogP contribution is 2.36. The Morgan fingerprint density at radius 3 is 3.00 bits per heavy atom. The van der Waals surface area contributed by atoms with Gasteiger partial charge in [-0.1, -0.05) is 6.07 Å². The lowest BCUT2D eigenvalue weighted by Gasteiger charge is -2.29. The van der Waals surface area contributed by atoms with Gasteiger partial charge in [-0.05, 0) is 12.1 Å². The van der Waals surface area contributed by atoms with Gasteiger partial charge in [-0.25, -0.2) is 4.98 Å². The molecular formula is C13H15N5O2. The Balaban J connectivity index is 2.01. The lowest BCUT2D eigenvalue weighted by Crippen LogP contribution is -2.34. The van der Waals surface area contributed by atoms with Crippen LogP contribution in [0.1, 0.15) is 5.82 Å². The maximum atomic E-state index is 11.4. The van der Waals surface area contributed by atoms with Gasteiger partial charge in [0, 0.05) is 32.5 Å². The third-order valence-electron chi connectivity index (χ3n) is 3.55. The molecule has 3 rings (SSSR count). The second-order valence-corrected chi connectivity index (χ2v) is 4.64. The molecule has 0 saturated carbocycles. The zero-order valence-corrected chi connectivity index (χ0v) is 11.1. The maximum Gasteiger partial charge on any atom is 0.315 e. The van der Waals surface area contributed by atoms with Crippen LogP contribution >= 0.6 is 0 Å². The fourth-order valence-electron chi connectivity index (χ4n) is 2.56. The standard InChI is InChI=1S/C13H15N5O2/c1-14-10-3-2-4-11(13(10)18(19)20)17-8-7-16-6-5-15-12(16)9-17/h2-6,14H,7-9H2,1H3. The zero-order chi connectivity index (χ0) is 14.1. The Morgan fingerprint density at radius 1 is 1.40 bits per heavy atom. The molecule has 2 heterocycles. The number of para-hydroxylation sites is 1. The minimum atomic E-state index is -0.331. The molecule has 2 aromatic rings. The summed E-state index contributed by atoms with van der Waals surface area (Å²) in [6.45, 7) is 2.11. The number of rotatable bonds is 3. The van der Waals surface area contributed by atoms with E-state index < -0.39 is 0 Å². The Kier molecular flexibility index (Phi) is 3.02. The van der Waals surface area contributed by atoms with Gasteiger partial charge in [0.25, 0.3) is 0 Å². The van der Waals surface area contributed by atoms with Crippen molar-refractivity contribution < 1.29 is 4.92 Å². The Labute approximate surface area is 116 Å². The highest BCUT2D eigenvalue weighted by Gasteiger charge is 2.26. The molecule has 1 N–H and O–H groups in total. The molecule has 7 nitrogen and oxygen atoms in total. The number of fused-ring (bicyclic) bond motifs is 1. The van der Waals surface area contributed by atoms with E-state index in [4.69, 9.17) is 0 Å². The minimum absolute atomic E-state index is 0.120. The van der Waals surface area contributed by atoms with E-state index in [1.807, 2.05) is 17.2 Å². The summed E-state index contributed by atoms with van der Waals surface area (Å²) in [4.78, 5) is 17.3. The first-order valence-electron chi connectivity index (χ1n) is 6.41. The molecule has 0 unspecified atom stereocenters. The first-order valence-corrected chi connectivity index (χ1v) is 6.41. The van der Waals surface area contributed by atoms with Crippen LogP contribution in [0.4, 0.5) is 17.1 Å². The van der Waals surface area contributed by atoms with Crippen LogP contribution in [0.2, 0.25) is 0 Å². The molecule has 0 atom stereocenters. The molecule has 0 bridgehead atoms. The SMILES string of the molecule is CNc1cccc(N2CCn3ccnc3C2)c1[N+](=O)[O-]. The second kappa shape index (κ2) is 4.84. The van der Waals surface area contributed by atoms with Crippen molar-refractivity contribution in [2.24, 2.45) is 0 Å². The van der Waals surface area contributed by atoms with Gasteiger partial charge in [-0.3, -0.25) is 10.1 Å². The van der Waals surface area contributed by atoms with Crippen molar-refractivity contribution in [2.75, 3.05) is 23.8 Å². The molecule has 0 fully saturated rings. The number of nitrogens with one attached hydrogen (secondary N) is 1. The molecule has 0 radical (unpaired) electrons. The van der Waals surface area contributed by atoms with Crippen molar-refractivity contribution in [2.45, 2.75) is 13.1 Å². The van der Waals surface area contributed by atoms with Crippen molar-refractivity contribution in [1.82, 2.24) is 9.55 Å². The van der Waals surface area contributed by atoms with E-state index in [2.05, 4.69) is 14.9 Å². The third-order valence-corrected chi connectivity index (χ3v) is 3.55. The smallest absolute Gasteiger partial charge is 0.315 e. The number of nitro groups is 1. The van der Waals surface area contributed by atoms with Gasteiger partial charge in [0.15, 0.2) is 0 Å². The van der Waals surface area contributed by atoms with E-state index in [-0.39, 0.29) is 10.6 Å². The Hall–Kier alpha value is -2.57. The lowest BCUT2D eigenvalue weighted by atomic mass is 10.2. The van der Waals surface area contributed by atoms with Gasteiger partial charge in [0.05, 0.1) is 11.5 Å². The molecule has 7 heteroatoms. The number of nitro benzene ring substituents is 1. The molecule has 0 saturated heterocycles. The molecule has 1 aliphatic rings. The topological polar surface area (TPSA) is 76.2 Å². The summed E-state index contributed by atoms with van der Waals surface area (Å²) >= 11 is 0. The predicted molar refractivity (Wildman–Crippen MR) is 75.9 cm³/mol. The van der Waals surface area contributed by atoms with Crippen LogP contribution in [0.15, 0.2) is 30.6 Å². The Bertz CT molecular complexity index is 652. The summed E-state index contributed by atoms with van der Waals surface area (Å²) in [5.41, 5.74) is 1.28. The molecule has 1 aliphatic heterocycles. The van der Waals surface area contributed by atoms with Crippen LogP contribution in [0, 0.1) is 10.1 Å². The van der Waals surface area contributed by atoms with E-state index in [1.165, 1.54) is 0 Å². The number of aromatic nitrogens is 2. The van der Waals surface area contributed by atoms with Crippen molar-refractivity contribution in [3.05, 3.63) is 46.5 Å². The van der Waals surface area contributed by atoms with Gasteiger partial charge < -0.3 is 14.8 Å². The molecule has 20 heavy (non-hydrogen) atoms. The number of anilines is 2. The normalized spacial score (nSPS) is 13.9. The van der Waals surface area contributed by atoms with Gasteiger partial charge in [-0.15, -0.1) is 0 Å². The lowest BCUT2D eigenvalue weighted by molar-refractivity contribution is -0.383. The summed E-state index contributed by atoms with van der Waals surface area (Å²) in [5.74, 6) is 0.931. The summed E-state index contributed by atoms with van der Waals surface area (Å²) in [6, 6.07) is 5.33. The monoisotopic (exact) mass is 273 g/mol. The van der Waals surface area contributed by atoms with Gasteiger partial charge in [0.1, 0.15) is 17.2 Å². The van der Waals surface area contributed by atoms with Crippen LogP contribution in [0.5, 0.6) is 0 Å². The summed E-state index contributed by atoms with van der Waals surface area (Å²) in [5, 5.41) is 14.2. The largest absolute Gasteiger partial charge is 0.382 e. The summed E-state index contributed by atoms with van der Waals surface area (Å²) < 4.78 is 2.07. The highest BCUT2D eigenvalue weighted by molar-refractivity contribution is 5.77. The number of benzene rings is 1. The van der Waals surface area contributed by atoms with Gasteiger partial charge in [0.2, 0.25) is 0 Å². The average Bonchev–Trinajstić information content (AvgIpc) is 2.93. The first kappa shape index (κ1) is 12.5. The van der Waals surface area contributed by atoms with Crippen molar-refractivity contribution in [3.63, 3.8) is 0 Å². The number of hydrogen-bond donors (Lipinski definition) is 1. The van der Waals surface area contributed by atoms with E-state index in [0.29, 0.717) is 17.9 Å². The number of imidazole rings is 1. The summed E-state index contributed by atoms with van der Waals surface area (Å²) in [6.07, 6.45) is 3.70. The molecular weight excluding hydrogens is 258 g/mol. The second-order valence-electron chi connectivity index (χ2n) is 4.64. The van der Waals surface area contributed by atoms with Crippen LogP contribution in [-0.2, 0) is 13.1 Å². The van der Waals surface area contributed by atoms with Crippen LogP contribution in [0.25, 0.3) is 0 Å². The van der Waals surface area contributed by atoms with E-state index in [0.717, 1.165) is 18.9 Å². The van der Waals surface area contributed by atoms with E-state index in [9.17, 15) is 10.1 Å². The van der Waals surface area contributed by atoms with E-state index in [1.54, 1.807) is 25.4 Å². The first-order chi connectivity index (χ1) is 9.70. The molecule has 104 valence electrons. The quantitative estimate of drug-likeness (QED) is 0.682. The van der Waals surface area contributed by atoms with Gasteiger partial charge >= 0.3 is 5.69 Å². The highest BCUT2D eigenvalue weighted by atomic mass is 16.6. The maximum absolute atomic E-state index is 11.4. The molecule has 0 amide bonds. The zero-order valence-electron chi connectivity index (χ0n) is 11.1. The number of hydrogen-bond acceptors (Lipinski definition) is 5. The molecule has 0 aliphatic carbocycles. The fraction of sp³-hybridized carbons (Fsp3) is 0.308. The van der Waals surface area contributed by atoms with Crippen molar-refractivity contribution in [3.8, 4) is 0 Å². The molecule has 1 aromatic heterocycles. The average molecular weight is 273 g/mol. The molecule has 1 aromatic carbocycles. The van der Waals surface area contributed by atoms with Crippen LogP contribution in [0.3, 0.4) is 0 Å².